The summed E-state index contributed by atoms with van der Waals surface area (Å²) in [7, 11) is 0. The lowest BCUT2D eigenvalue weighted by molar-refractivity contribution is -0.379. The van der Waals surface area contributed by atoms with Gasteiger partial charge in [-0.1, -0.05) is 179 Å². The number of aliphatic hydroxyl groups is 11. The molecule has 0 saturated carbocycles. The van der Waals surface area contributed by atoms with Crippen molar-refractivity contribution in [2.24, 2.45) is 0 Å². The van der Waals surface area contributed by atoms with Crippen molar-refractivity contribution >= 4 is 5.91 Å². The van der Waals surface area contributed by atoms with Gasteiger partial charge in [0.2, 0.25) is 5.91 Å². The fourth-order valence-electron chi connectivity index (χ4n) is 10.3. The first kappa shape index (κ1) is 69.5. The zero-order chi connectivity index (χ0) is 56.2. The third kappa shape index (κ3) is 26.4. The monoisotopic (exact) mass is 1110 g/mol. The number of allylic oxidation sites excluding steroid dienone is 4. The summed E-state index contributed by atoms with van der Waals surface area (Å²) < 4.78 is 34.3. The van der Waals surface area contributed by atoms with Gasteiger partial charge in [-0.3, -0.25) is 4.79 Å². The van der Waals surface area contributed by atoms with Gasteiger partial charge in [0.1, 0.15) is 73.2 Å². The van der Waals surface area contributed by atoms with Crippen LogP contribution < -0.4 is 5.32 Å². The van der Waals surface area contributed by atoms with E-state index in [1.165, 1.54) is 116 Å². The van der Waals surface area contributed by atoms with E-state index in [2.05, 4.69) is 43.5 Å². The van der Waals surface area contributed by atoms with Gasteiger partial charge in [0.15, 0.2) is 18.9 Å². The molecule has 17 atom stereocenters. The van der Waals surface area contributed by atoms with E-state index in [-0.39, 0.29) is 18.9 Å². The molecule has 17 unspecified atom stereocenters. The molecule has 0 radical (unpaired) electrons. The molecule has 1 amide bonds. The summed E-state index contributed by atoms with van der Waals surface area (Å²) in [5.74, 6) is -0.248. The molecule has 0 spiro atoms. The number of ether oxygens (including phenoxy) is 6. The predicted octanol–water partition coefficient (Wildman–Crippen LogP) is 5.15. The van der Waals surface area contributed by atoms with Crippen LogP contribution in [0.4, 0.5) is 0 Å². The van der Waals surface area contributed by atoms with E-state index in [4.69, 9.17) is 28.4 Å². The van der Waals surface area contributed by atoms with Crippen molar-refractivity contribution in [1.82, 2.24) is 5.32 Å². The minimum absolute atomic E-state index is 0.248. The van der Waals surface area contributed by atoms with Gasteiger partial charge < -0.3 is 89.9 Å². The van der Waals surface area contributed by atoms with Crippen LogP contribution in [0.25, 0.3) is 0 Å². The van der Waals surface area contributed by atoms with Gasteiger partial charge in [-0.2, -0.15) is 0 Å². The molecule has 452 valence electrons. The Bertz CT molecular complexity index is 1510. The highest BCUT2D eigenvalue weighted by molar-refractivity contribution is 5.76. The van der Waals surface area contributed by atoms with Gasteiger partial charge in [-0.15, -0.1) is 0 Å². The third-order valence-electron chi connectivity index (χ3n) is 15.3. The molecule has 3 rings (SSSR count). The van der Waals surface area contributed by atoms with Crippen molar-refractivity contribution in [1.29, 1.82) is 0 Å². The van der Waals surface area contributed by atoms with E-state index in [0.717, 1.165) is 57.8 Å². The molecule has 3 aliphatic rings. The van der Waals surface area contributed by atoms with Crippen molar-refractivity contribution in [2.75, 3.05) is 26.4 Å². The van der Waals surface area contributed by atoms with Crippen LogP contribution >= 0.6 is 0 Å². The summed E-state index contributed by atoms with van der Waals surface area (Å²) in [4.78, 5) is 13.3. The van der Waals surface area contributed by atoms with Crippen LogP contribution in [0.15, 0.2) is 24.3 Å². The topological polar surface area (TPSA) is 307 Å². The van der Waals surface area contributed by atoms with Crippen LogP contribution in [0.3, 0.4) is 0 Å². The lowest BCUT2D eigenvalue weighted by Crippen LogP contribution is -2.66. The summed E-state index contributed by atoms with van der Waals surface area (Å²) in [6, 6.07) is -0.886. The minimum Gasteiger partial charge on any atom is -0.394 e. The number of rotatable bonds is 44. The molecular weight excluding hydrogens is 999 g/mol. The number of nitrogens with one attached hydrogen (secondary N) is 1. The van der Waals surface area contributed by atoms with Crippen molar-refractivity contribution in [3.63, 3.8) is 0 Å². The number of amides is 1. The lowest BCUT2D eigenvalue weighted by atomic mass is 9.96. The molecule has 0 bridgehead atoms. The molecule has 3 saturated heterocycles. The van der Waals surface area contributed by atoms with Gasteiger partial charge in [-0.05, 0) is 44.9 Å². The molecule has 19 nitrogen and oxygen atoms in total. The second-order valence-corrected chi connectivity index (χ2v) is 21.8. The van der Waals surface area contributed by atoms with Gasteiger partial charge >= 0.3 is 0 Å². The average Bonchev–Trinajstić information content (AvgIpc) is 3.42. The first-order valence-electron chi connectivity index (χ1n) is 30.1. The molecule has 0 aromatic rings. The summed E-state index contributed by atoms with van der Waals surface area (Å²) in [5, 5.41) is 120. The first-order chi connectivity index (χ1) is 37.3. The summed E-state index contributed by atoms with van der Waals surface area (Å²) in [5.41, 5.74) is 0. The van der Waals surface area contributed by atoms with Crippen LogP contribution in [0.5, 0.6) is 0 Å². The van der Waals surface area contributed by atoms with Crippen molar-refractivity contribution in [3.05, 3.63) is 24.3 Å². The van der Waals surface area contributed by atoms with Crippen molar-refractivity contribution < 1.29 is 89.4 Å². The Morgan fingerprint density at radius 3 is 1.35 bits per heavy atom. The van der Waals surface area contributed by atoms with Crippen LogP contribution in [0.1, 0.15) is 206 Å². The van der Waals surface area contributed by atoms with Gasteiger partial charge in [0.05, 0.1) is 38.6 Å². The van der Waals surface area contributed by atoms with Gasteiger partial charge in [0, 0.05) is 6.42 Å². The van der Waals surface area contributed by atoms with E-state index in [0.29, 0.717) is 12.8 Å². The fraction of sp³-hybridized carbons (Fsp3) is 0.914. The molecule has 0 aromatic heterocycles. The molecule has 3 aliphatic heterocycles. The largest absolute Gasteiger partial charge is 0.394 e. The number of hydrogen-bond donors (Lipinski definition) is 12. The quantitative estimate of drug-likeness (QED) is 0.0277. The first-order valence-corrected chi connectivity index (χ1v) is 30.1. The molecule has 19 heteroatoms. The second-order valence-electron chi connectivity index (χ2n) is 21.8. The SMILES string of the molecule is CCCCC/C=C\C/C=C\CCCCCCCCCCCC(=O)NC(COC1OC(CO)C(OC2OC(CO)C(OC3OC(CO)C(O)C(O)C3O)C(O)C2O)C(O)C1O)C(O)CCCCCCCCCCCCCCC. The minimum atomic E-state index is -1.97. The molecule has 77 heavy (non-hydrogen) atoms. The van der Waals surface area contributed by atoms with E-state index < -0.39 is 124 Å². The smallest absolute Gasteiger partial charge is 0.220 e. The highest BCUT2D eigenvalue weighted by Crippen LogP contribution is 2.33. The standard InChI is InChI=1S/C58H107NO18/c1-3-5-7-9-11-13-15-17-18-19-20-21-22-24-26-28-30-32-34-36-46(64)59-41(42(63)35-33-31-29-27-25-23-16-14-12-10-8-6-4-2)40-72-56-52(70)49(67)54(44(38-61)74-56)77-58-53(71)50(68)55(45(39-62)75-58)76-57-51(69)48(66)47(65)43(37-60)73-57/h11,13,17-18,41-45,47-58,60-63,65-71H,3-10,12,14-16,19-40H2,1-2H3,(H,59,64)/b13-11-,18-17-. The Labute approximate surface area is 460 Å². The third-order valence-corrected chi connectivity index (χ3v) is 15.3. The van der Waals surface area contributed by atoms with Crippen LogP contribution in [-0.2, 0) is 33.2 Å². The maximum absolute atomic E-state index is 13.3. The highest BCUT2D eigenvalue weighted by atomic mass is 16.8. The molecule has 0 aliphatic carbocycles. The number of carbonyl (C=O) groups excluding carboxylic acids is 1. The van der Waals surface area contributed by atoms with Gasteiger partial charge in [-0.25, -0.2) is 0 Å². The fourth-order valence-corrected chi connectivity index (χ4v) is 10.3. The molecule has 3 fully saturated rings. The van der Waals surface area contributed by atoms with E-state index in [1.807, 2.05) is 0 Å². The predicted molar refractivity (Wildman–Crippen MR) is 291 cm³/mol. The van der Waals surface area contributed by atoms with Crippen molar-refractivity contribution in [2.45, 2.75) is 311 Å². The maximum Gasteiger partial charge on any atom is 0.220 e. The summed E-state index contributed by atoms with van der Waals surface area (Å²) in [6.45, 7) is 1.75. The zero-order valence-corrected chi connectivity index (χ0v) is 46.9. The van der Waals surface area contributed by atoms with Crippen LogP contribution in [0.2, 0.25) is 0 Å². The van der Waals surface area contributed by atoms with E-state index in [9.17, 15) is 61.0 Å². The Morgan fingerprint density at radius 2 is 0.857 bits per heavy atom. The number of hydrogen-bond acceptors (Lipinski definition) is 18. The van der Waals surface area contributed by atoms with E-state index in [1.54, 1.807) is 0 Å². The molecule has 0 aromatic carbocycles. The van der Waals surface area contributed by atoms with E-state index >= 15 is 0 Å². The number of unbranched alkanes of at least 4 members (excludes halogenated alkanes) is 24. The Kier molecular flexibility index (Phi) is 38.1. The maximum atomic E-state index is 13.3. The normalized spacial score (nSPS) is 30.8. The molecular formula is C58H107NO18. The Morgan fingerprint density at radius 1 is 0.468 bits per heavy atom. The lowest BCUT2D eigenvalue weighted by Gasteiger charge is -2.48. The highest BCUT2D eigenvalue weighted by Gasteiger charge is 2.53. The Hall–Kier alpha value is -1.73. The molecule has 3 heterocycles. The second kappa shape index (κ2) is 42.1. The van der Waals surface area contributed by atoms with Crippen molar-refractivity contribution in [3.8, 4) is 0 Å². The number of carbonyl (C=O) groups is 1. The number of aliphatic hydroxyl groups excluding tert-OH is 11. The van der Waals surface area contributed by atoms with Crippen LogP contribution in [-0.4, -0.2) is 193 Å². The molecule has 12 N–H and O–H groups in total. The summed E-state index contributed by atoms with van der Waals surface area (Å²) >= 11 is 0. The Balaban J connectivity index is 1.49. The zero-order valence-electron chi connectivity index (χ0n) is 46.9. The average molecular weight is 1110 g/mol. The van der Waals surface area contributed by atoms with Crippen LogP contribution in [0, 0.1) is 0 Å². The summed E-state index contributed by atoms with van der Waals surface area (Å²) in [6.07, 6.45) is 15.4. The van der Waals surface area contributed by atoms with Gasteiger partial charge in [0.25, 0.3) is 0 Å².